The molecule has 1 aromatic rings. The summed E-state index contributed by atoms with van der Waals surface area (Å²) in [6.07, 6.45) is 0.390. The third-order valence-electron chi connectivity index (χ3n) is 3.49. The minimum Gasteiger partial charge on any atom is -0.468 e. The van der Waals surface area contributed by atoms with Gasteiger partial charge in [-0.05, 0) is 23.8 Å². The monoisotopic (exact) mass is 278 g/mol. The van der Waals surface area contributed by atoms with Gasteiger partial charge in [0, 0.05) is 0 Å². The zero-order valence-electron chi connectivity index (χ0n) is 12.5. The van der Waals surface area contributed by atoms with Crippen LogP contribution < -0.4 is 0 Å². The van der Waals surface area contributed by atoms with Crippen molar-refractivity contribution >= 4 is 11.9 Å². The molecule has 4 heteroatoms. The first-order valence-electron chi connectivity index (χ1n) is 6.71. The van der Waals surface area contributed by atoms with Crippen molar-refractivity contribution in [1.29, 1.82) is 0 Å². The quantitative estimate of drug-likeness (QED) is 0.593. The summed E-state index contributed by atoms with van der Waals surface area (Å²) in [5, 5.41) is 0. The van der Waals surface area contributed by atoms with Crippen LogP contribution in [-0.2, 0) is 19.1 Å². The van der Waals surface area contributed by atoms with E-state index in [-0.39, 0.29) is 5.92 Å². The van der Waals surface area contributed by atoms with Gasteiger partial charge in [-0.3, -0.25) is 9.59 Å². The normalized spacial score (nSPS) is 12.3. The van der Waals surface area contributed by atoms with Crippen LogP contribution in [0.3, 0.4) is 0 Å². The van der Waals surface area contributed by atoms with Crippen LogP contribution >= 0.6 is 0 Å². The predicted molar refractivity (Wildman–Crippen MR) is 76.2 cm³/mol. The van der Waals surface area contributed by atoms with E-state index >= 15 is 0 Å². The number of benzene rings is 1. The van der Waals surface area contributed by atoms with Crippen LogP contribution in [0.1, 0.15) is 31.7 Å². The van der Waals surface area contributed by atoms with Gasteiger partial charge in [0.25, 0.3) is 0 Å². The fourth-order valence-electron chi connectivity index (χ4n) is 2.32. The molecule has 20 heavy (non-hydrogen) atoms. The largest absolute Gasteiger partial charge is 0.468 e. The SMILES string of the molecule is COC(=O)C(C[C@@H](c1ccccc1)C(C)C)C(=O)OC. The molecule has 0 aliphatic rings. The van der Waals surface area contributed by atoms with E-state index < -0.39 is 17.9 Å². The van der Waals surface area contributed by atoms with Crippen LogP contribution in [-0.4, -0.2) is 26.2 Å². The maximum atomic E-state index is 11.8. The molecule has 1 atom stereocenters. The van der Waals surface area contributed by atoms with Crippen LogP contribution in [0.2, 0.25) is 0 Å². The van der Waals surface area contributed by atoms with Gasteiger partial charge in [0.15, 0.2) is 5.92 Å². The maximum absolute atomic E-state index is 11.8. The second-order valence-electron chi connectivity index (χ2n) is 5.10. The second kappa shape index (κ2) is 7.68. The van der Waals surface area contributed by atoms with Crippen LogP contribution in [0.15, 0.2) is 30.3 Å². The van der Waals surface area contributed by atoms with Crippen LogP contribution in [0.25, 0.3) is 0 Å². The summed E-state index contributed by atoms with van der Waals surface area (Å²) in [5.41, 5.74) is 1.11. The van der Waals surface area contributed by atoms with Crippen molar-refractivity contribution in [2.75, 3.05) is 14.2 Å². The molecular formula is C16H22O4. The molecule has 0 radical (unpaired) electrons. The lowest BCUT2D eigenvalue weighted by atomic mass is 9.81. The van der Waals surface area contributed by atoms with Gasteiger partial charge in [0.05, 0.1) is 14.2 Å². The van der Waals surface area contributed by atoms with Crippen molar-refractivity contribution in [1.82, 2.24) is 0 Å². The molecule has 0 aliphatic heterocycles. The van der Waals surface area contributed by atoms with Gasteiger partial charge in [0.1, 0.15) is 0 Å². The molecule has 0 N–H and O–H groups in total. The average Bonchev–Trinajstić information content (AvgIpc) is 2.47. The molecule has 1 aromatic carbocycles. The third-order valence-corrected chi connectivity index (χ3v) is 3.49. The molecule has 1 rings (SSSR count). The zero-order valence-corrected chi connectivity index (χ0v) is 12.5. The van der Waals surface area contributed by atoms with Gasteiger partial charge in [0.2, 0.25) is 0 Å². The van der Waals surface area contributed by atoms with E-state index in [0.29, 0.717) is 12.3 Å². The molecule has 0 bridgehead atoms. The lowest BCUT2D eigenvalue weighted by molar-refractivity contribution is -0.159. The van der Waals surface area contributed by atoms with E-state index in [1.807, 2.05) is 30.3 Å². The van der Waals surface area contributed by atoms with Crippen molar-refractivity contribution < 1.29 is 19.1 Å². The number of carbonyl (C=O) groups is 2. The minimum atomic E-state index is -0.877. The Hall–Kier alpha value is -1.84. The molecule has 0 spiro atoms. The van der Waals surface area contributed by atoms with Gasteiger partial charge in [-0.15, -0.1) is 0 Å². The summed E-state index contributed by atoms with van der Waals surface area (Å²) in [7, 11) is 2.57. The molecule has 0 aliphatic carbocycles. The first-order chi connectivity index (χ1) is 9.51. The number of hydrogen-bond donors (Lipinski definition) is 0. The first kappa shape index (κ1) is 16.2. The Morgan fingerprint density at radius 2 is 1.50 bits per heavy atom. The molecule has 0 amide bonds. The first-order valence-corrected chi connectivity index (χ1v) is 6.71. The highest BCUT2D eigenvalue weighted by Gasteiger charge is 2.33. The number of esters is 2. The van der Waals surface area contributed by atoms with Gasteiger partial charge < -0.3 is 9.47 Å². The van der Waals surface area contributed by atoms with Gasteiger partial charge in [-0.2, -0.15) is 0 Å². The fraction of sp³-hybridized carbons (Fsp3) is 0.500. The fourth-order valence-corrected chi connectivity index (χ4v) is 2.32. The Kier molecular flexibility index (Phi) is 6.22. The van der Waals surface area contributed by atoms with E-state index in [4.69, 9.17) is 9.47 Å². The number of carbonyl (C=O) groups excluding carboxylic acids is 2. The van der Waals surface area contributed by atoms with Crippen molar-refractivity contribution in [3.05, 3.63) is 35.9 Å². The minimum absolute atomic E-state index is 0.0967. The van der Waals surface area contributed by atoms with Gasteiger partial charge >= 0.3 is 11.9 Å². The molecule has 110 valence electrons. The van der Waals surface area contributed by atoms with Crippen molar-refractivity contribution in [2.24, 2.45) is 11.8 Å². The van der Waals surface area contributed by atoms with Crippen LogP contribution in [0, 0.1) is 11.8 Å². The molecule has 0 unspecified atom stereocenters. The van der Waals surface area contributed by atoms with Crippen molar-refractivity contribution in [3.8, 4) is 0 Å². The summed E-state index contributed by atoms with van der Waals surface area (Å²) in [4.78, 5) is 23.6. The standard InChI is InChI=1S/C16H22O4/c1-11(2)13(12-8-6-5-7-9-12)10-14(15(17)19-3)16(18)20-4/h5-9,11,13-14H,10H2,1-4H3/t13-/m1/s1. The molecule has 0 saturated carbocycles. The highest BCUT2D eigenvalue weighted by Crippen LogP contribution is 2.31. The molecule has 0 heterocycles. The molecule has 0 saturated heterocycles. The van der Waals surface area contributed by atoms with E-state index in [1.54, 1.807) is 0 Å². The molecule has 4 nitrogen and oxygen atoms in total. The highest BCUT2D eigenvalue weighted by atomic mass is 16.5. The Morgan fingerprint density at radius 1 is 1.00 bits per heavy atom. The lowest BCUT2D eigenvalue weighted by Crippen LogP contribution is -2.29. The van der Waals surface area contributed by atoms with Crippen LogP contribution in [0.5, 0.6) is 0 Å². The highest BCUT2D eigenvalue weighted by molar-refractivity contribution is 5.94. The van der Waals surface area contributed by atoms with Gasteiger partial charge in [-0.25, -0.2) is 0 Å². The summed E-state index contributed by atoms with van der Waals surface area (Å²) >= 11 is 0. The Balaban J connectivity index is 2.98. The third kappa shape index (κ3) is 4.08. The summed E-state index contributed by atoms with van der Waals surface area (Å²) < 4.78 is 9.42. The van der Waals surface area contributed by atoms with E-state index in [9.17, 15) is 9.59 Å². The second-order valence-corrected chi connectivity index (χ2v) is 5.10. The summed E-state index contributed by atoms with van der Waals surface area (Å²) in [6.45, 7) is 4.15. The zero-order chi connectivity index (χ0) is 15.1. The van der Waals surface area contributed by atoms with E-state index in [1.165, 1.54) is 14.2 Å². The van der Waals surface area contributed by atoms with E-state index in [0.717, 1.165) is 5.56 Å². The number of ether oxygens (including phenoxy) is 2. The molecular weight excluding hydrogens is 256 g/mol. The predicted octanol–water partition coefficient (Wildman–Crippen LogP) is 2.78. The number of methoxy groups -OCH3 is 2. The topological polar surface area (TPSA) is 52.6 Å². The Labute approximate surface area is 120 Å². The number of rotatable bonds is 6. The van der Waals surface area contributed by atoms with E-state index in [2.05, 4.69) is 13.8 Å². The van der Waals surface area contributed by atoms with Crippen molar-refractivity contribution in [2.45, 2.75) is 26.2 Å². The smallest absolute Gasteiger partial charge is 0.320 e. The maximum Gasteiger partial charge on any atom is 0.320 e. The average molecular weight is 278 g/mol. The van der Waals surface area contributed by atoms with Gasteiger partial charge in [-0.1, -0.05) is 44.2 Å². The Bertz CT molecular complexity index is 423. The summed E-state index contributed by atoms with van der Waals surface area (Å²) in [5.74, 6) is -1.57. The van der Waals surface area contributed by atoms with Crippen molar-refractivity contribution in [3.63, 3.8) is 0 Å². The molecule has 0 fully saturated rings. The van der Waals surface area contributed by atoms with Crippen LogP contribution in [0.4, 0.5) is 0 Å². The molecule has 0 aromatic heterocycles. The summed E-state index contributed by atoms with van der Waals surface area (Å²) in [6, 6.07) is 9.87. The number of hydrogen-bond acceptors (Lipinski definition) is 4. The Morgan fingerprint density at radius 3 is 1.90 bits per heavy atom. The lowest BCUT2D eigenvalue weighted by Gasteiger charge is -2.24.